The van der Waals surface area contributed by atoms with Crippen LogP contribution in [-0.2, 0) is 14.5 Å². The molecule has 92 valence electrons. The Hall–Kier alpha value is -0.260. The Kier molecular flexibility index (Phi) is 6.96. The van der Waals surface area contributed by atoms with E-state index in [2.05, 4.69) is 9.78 Å². The van der Waals surface area contributed by atoms with E-state index >= 15 is 0 Å². The fourth-order valence-corrected chi connectivity index (χ4v) is 0.832. The molecule has 0 aromatic rings. The van der Waals surface area contributed by atoms with Gasteiger partial charge in [0.1, 0.15) is 5.60 Å². The first-order valence-electron chi connectivity index (χ1n) is 5.11. The van der Waals surface area contributed by atoms with Gasteiger partial charge in [0.15, 0.2) is 0 Å². The zero-order valence-electron chi connectivity index (χ0n) is 9.76. The van der Waals surface area contributed by atoms with Crippen LogP contribution in [0.2, 0.25) is 0 Å². The van der Waals surface area contributed by atoms with E-state index in [0.717, 1.165) is 6.42 Å². The van der Waals surface area contributed by atoms with Gasteiger partial charge in [0, 0.05) is 13.0 Å². The van der Waals surface area contributed by atoms with Crippen LogP contribution in [0.1, 0.15) is 40.5 Å². The largest absolute Gasteiger partial charge is 0.378 e. The van der Waals surface area contributed by atoms with Crippen LogP contribution in [-0.4, -0.2) is 24.9 Å². The predicted octanol–water partition coefficient (Wildman–Crippen LogP) is 3.14. The molecule has 0 saturated carbocycles. The molecule has 0 heterocycles. The van der Waals surface area contributed by atoms with Crippen molar-refractivity contribution in [2.75, 3.05) is 6.61 Å². The van der Waals surface area contributed by atoms with Gasteiger partial charge >= 0.3 is 6.61 Å². The molecule has 5 heteroatoms. The van der Waals surface area contributed by atoms with E-state index in [4.69, 9.17) is 4.74 Å². The maximum Gasteiger partial charge on any atom is 0.371 e. The van der Waals surface area contributed by atoms with Gasteiger partial charge in [-0.3, -0.25) is 0 Å². The van der Waals surface area contributed by atoms with Crippen LogP contribution in [0.25, 0.3) is 0 Å². The van der Waals surface area contributed by atoms with Gasteiger partial charge in [-0.1, -0.05) is 6.92 Å². The van der Waals surface area contributed by atoms with Gasteiger partial charge in [-0.2, -0.15) is 13.7 Å². The second-order valence-corrected chi connectivity index (χ2v) is 4.04. The molecule has 0 spiro atoms. The van der Waals surface area contributed by atoms with Crippen molar-refractivity contribution in [3.8, 4) is 0 Å². The molecule has 0 aromatic carbocycles. The molecule has 0 amide bonds. The third-order valence-corrected chi connectivity index (χ3v) is 2.03. The van der Waals surface area contributed by atoms with Crippen molar-refractivity contribution in [1.82, 2.24) is 0 Å². The lowest BCUT2D eigenvalue weighted by atomic mass is 10.1. The third kappa shape index (κ3) is 8.72. The highest BCUT2D eigenvalue weighted by Gasteiger charge is 2.22. The highest BCUT2D eigenvalue weighted by atomic mass is 19.3. The minimum Gasteiger partial charge on any atom is -0.378 e. The zero-order valence-corrected chi connectivity index (χ0v) is 9.76. The molecule has 0 radical (unpaired) electrons. The first-order valence-corrected chi connectivity index (χ1v) is 5.11. The van der Waals surface area contributed by atoms with E-state index in [0.29, 0.717) is 13.0 Å². The third-order valence-electron chi connectivity index (χ3n) is 2.03. The van der Waals surface area contributed by atoms with Crippen LogP contribution in [0, 0.1) is 0 Å². The first-order chi connectivity index (χ1) is 6.87. The second-order valence-electron chi connectivity index (χ2n) is 4.04. The average molecular weight is 226 g/mol. The molecule has 0 aromatic heterocycles. The fraction of sp³-hybridized carbons (Fsp3) is 1.00. The number of ether oxygens (including phenoxy) is 1. The van der Waals surface area contributed by atoms with Gasteiger partial charge in [0.2, 0.25) is 0 Å². The van der Waals surface area contributed by atoms with Crippen molar-refractivity contribution in [2.24, 2.45) is 0 Å². The quantitative estimate of drug-likeness (QED) is 0.470. The Bertz CT molecular complexity index is 163. The molecule has 3 nitrogen and oxygen atoms in total. The average Bonchev–Trinajstić information content (AvgIpc) is 2.14. The maximum atomic E-state index is 11.7. The Labute approximate surface area is 89.6 Å². The molecule has 0 bridgehead atoms. The van der Waals surface area contributed by atoms with Crippen LogP contribution >= 0.6 is 0 Å². The number of rotatable bonds is 8. The van der Waals surface area contributed by atoms with Crippen LogP contribution in [0.3, 0.4) is 0 Å². The number of alkyl halides is 2. The SMILES string of the molecule is CCC(C)OCCC(C)(C)OOC(F)F. The van der Waals surface area contributed by atoms with Crippen molar-refractivity contribution in [3.63, 3.8) is 0 Å². The maximum absolute atomic E-state index is 11.7. The molecule has 0 saturated heterocycles. The minimum absolute atomic E-state index is 0.178. The van der Waals surface area contributed by atoms with E-state index in [9.17, 15) is 8.78 Å². The highest BCUT2D eigenvalue weighted by molar-refractivity contribution is 4.66. The van der Waals surface area contributed by atoms with Gasteiger partial charge in [-0.15, -0.1) is 0 Å². The number of halogens is 2. The Balaban J connectivity index is 3.64. The molecule has 0 aliphatic carbocycles. The normalized spacial score (nSPS) is 14.6. The lowest BCUT2D eigenvalue weighted by Crippen LogP contribution is -2.28. The van der Waals surface area contributed by atoms with E-state index in [1.807, 2.05) is 13.8 Å². The van der Waals surface area contributed by atoms with Gasteiger partial charge in [0.05, 0.1) is 6.10 Å². The summed E-state index contributed by atoms with van der Waals surface area (Å²) in [6.07, 6.45) is 1.61. The topological polar surface area (TPSA) is 27.7 Å². The molecule has 1 unspecified atom stereocenters. The standard InChI is InChI=1S/C10H20F2O3/c1-5-8(2)13-7-6-10(3,4)15-14-9(11)12/h8-9H,5-7H2,1-4H3. The van der Waals surface area contributed by atoms with Gasteiger partial charge in [-0.25, -0.2) is 4.89 Å². The van der Waals surface area contributed by atoms with Crippen LogP contribution in [0.4, 0.5) is 8.78 Å². The fourth-order valence-electron chi connectivity index (χ4n) is 0.832. The summed E-state index contributed by atoms with van der Waals surface area (Å²) in [5, 5.41) is 0. The summed E-state index contributed by atoms with van der Waals surface area (Å²) in [6.45, 7) is 4.90. The second kappa shape index (κ2) is 7.09. The predicted molar refractivity (Wildman–Crippen MR) is 52.6 cm³/mol. The Morgan fingerprint density at radius 3 is 2.33 bits per heavy atom. The van der Waals surface area contributed by atoms with Crippen LogP contribution in [0.5, 0.6) is 0 Å². The molecule has 0 N–H and O–H groups in total. The summed E-state index contributed by atoms with van der Waals surface area (Å²) in [4.78, 5) is 8.38. The van der Waals surface area contributed by atoms with E-state index in [-0.39, 0.29) is 6.10 Å². The zero-order chi connectivity index (χ0) is 11.9. The van der Waals surface area contributed by atoms with E-state index < -0.39 is 12.2 Å². The van der Waals surface area contributed by atoms with Crippen molar-refractivity contribution in [1.29, 1.82) is 0 Å². The summed E-state index contributed by atoms with van der Waals surface area (Å²) in [5.74, 6) is 0. The van der Waals surface area contributed by atoms with Crippen molar-refractivity contribution >= 4 is 0 Å². The number of hydrogen-bond donors (Lipinski definition) is 0. The molecule has 15 heavy (non-hydrogen) atoms. The molecular weight excluding hydrogens is 206 g/mol. The van der Waals surface area contributed by atoms with Crippen LogP contribution in [0.15, 0.2) is 0 Å². The minimum atomic E-state index is -2.90. The molecular formula is C10H20F2O3. The molecule has 0 rings (SSSR count). The number of hydrogen-bond acceptors (Lipinski definition) is 3. The van der Waals surface area contributed by atoms with E-state index in [1.165, 1.54) is 0 Å². The van der Waals surface area contributed by atoms with Crippen molar-refractivity contribution in [3.05, 3.63) is 0 Å². The van der Waals surface area contributed by atoms with Crippen LogP contribution < -0.4 is 0 Å². The smallest absolute Gasteiger partial charge is 0.371 e. The summed E-state index contributed by atoms with van der Waals surface area (Å²) in [7, 11) is 0. The van der Waals surface area contributed by atoms with E-state index in [1.54, 1.807) is 13.8 Å². The summed E-state index contributed by atoms with van der Waals surface area (Å²) in [6, 6.07) is 0. The summed E-state index contributed by atoms with van der Waals surface area (Å²) >= 11 is 0. The molecule has 0 aliphatic rings. The first kappa shape index (κ1) is 14.7. The molecule has 0 aliphatic heterocycles. The summed E-state index contributed by atoms with van der Waals surface area (Å²) < 4.78 is 28.8. The Morgan fingerprint density at radius 2 is 1.87 bits per heavy atom. The highest BCUT2D eigenvalue weighted by Crippen LogP contribution is 2.17. The molecule has 1 atom stereocenters. The summed E-state index contributed by atoms with van der Waals surface area (Å²) in [5.41, 5.74) is -0.760. The van der Waals surface area contributed by atoms with Gasteiger partial charge in [-0.05, 0) is 27.2 Å². The van der Waals surface area contributed by atoms with Crippen molar-refractivity contribution in [2.45, 2.75) is 58.9 Å². The van der Waals surface area contributed by atoms with Crippen molar-refractivity contribution < 1.29 is 23.3 Å². The van der Waals surface area contributed by atoms with Gasteiger partial charge < -0.3 is 4.74 Å². The Morgan fingerprint density at radius 1 is 1.27 bits per heavy atom. The molecule has 0 fully saturated rings. The lowest BCUT2D eigenvalue weighted by molar-refractivity contribution is -0.425. The van der Waals surface area contributed by atoms with Gasteiger partial charge in [0.25, 0.3) is 0 Å². The lowest BCUT2D eigenvalue weighted by Gasteiger charge is -2.23. The monoisotopic (exact) mass is 226 g/mol.